The zero-order valence-electron chi connectivity index (χ0n) is 11.7. The van der Waals surface area contributed by atoms with Crippen LogP contribution in [0, 0.1) is 0 Å². The summed E-state index contributed by atoms with van der Waals surface area (Å²) in [6.07, 6.45) is 0. The Hall–Kier alpha value is -1.85. The van der Waals surface area contributed by atoms with Crippen LogP contribution in [0.2, 0.25) is 0 Å². The smallest absolute Gasteiger partial charge is 0.141 e. The summed E-state index contributed by atoms with van der Waals surface area (Å²) in [7, 11) is 1.70. The van der Waals surface area contributed by atoms with E-state index in [-0.39, 0.29) is 0 Å². The second kappa shape index (κ2) is 5.87. The van der Waals surface area contributed by atoms with E-state index in [9.17, 15) is 0 Å². The van der Waals surface area contributed by atoms with Gasteiger partial charge in [0.2, 0.25) is 0 Å². The van der Waals surface area contributed by atoms with E-state index in [0.717, 1.165) is 33.4 Å². The summed E-state index contributed by atoms with van der Waals surface area (Å²) in [5.41, 5.74) is 9.78. The van der Waals surface area contributed by atoms with Crippen molar-refractivity contribution in [2.24, 2.45) is 0 Å². The topological polar surface area (TPSA) is 53.1 Å². The van der Waals surface area contributed by atoms with Crippen LogP contribution in [0.5, 0.6) is 0 Å². The standard InChI is InChI=1S/C16H16BrN3O/c1-21-9-8-20-15-5-3-2-4-14(15)19-16(20)11-6-7-12(17)13(18)10-11/h2-7,10H,8-9,18H2,1H3. The van der Waals surface area contributed by atoms with Gasteiger partial charge < -0.3 is 15.0 Å². The van der Waals surface area contributed by atoms with Gasteiger partial charge >= 0.3 is 0 Å². The third-order valence-electron chi connectivity index (χ3n) is 3.43. The SMILES string of the molecule is COCCn1c(-c2ccc(Br)c(N)c2)nc2ccccc21. The molecule has 5 heteroatoms. The number of imidazole rings is 1. The van der Waals surface area contributed by atoms with Gasteiger partial charge in [0, 0.05) is 29.4 Å². The van der Waals surface area contributed by atoms with Crippen molar-refractivity contribution in [2.75, 3.05) is 19.5 Å². The van der Waals surface area contributed by atoms with Crippen LogP contribution in [0.25, 0.3) is 22.4 Å². The number of halogens is 1. The Kier molecular flexibility index (Phi) is 3.94. The quantitative estimate of drug-likeness (QED) is 0.733. The van der Waals surface area contributed by atoms with Crippen molar-refractivity contribution in [3.05, 3.63) is 46.9 Å². The number of fused-ring (bicyclic) bond motifs is 1. The van der Waals surface area contributed by atoms with Crippen molar-refractivity contribution in [3.63, 3.8) is 0 Å². The lowest BCUT2D eigenvalue weighted by atomic mass is 10.2. The molecule has 2 N–H and O–H groups in total. The number of ether oxygens (including phenoxy) is 1. The van der Waals surface area contributed by atoms with Gasteiger partial charge in [-0.3, -0.25) is 0 Å². The lowest BCUT2D eigenvalue weighted by molar-refractivity contribution is 0.188. The minimum atomic E-state index is 0.638. The molecule has 0 aliphatic rings. The third kappa shape index (κ3) is 2.66. The van der Waals surface area contributed by atoms with E-state index in [4.69, 9.17) is 15.5 Å². The molecule has 0 bridgehead atoms. The highest BCUT2D eigenvalue weighted by atomic mass is 79.9. The molecule has 3 rings (SSSR count). The minimum Gasteiger partial charge on any atom is -0.398 e. The highest BCUT2D eigenvalue weighted by molar-refractivity contribution is 9.10. The van der Waals surface area contributed by atoms with E-state index in [1.54, 1.807) is 7.11 Å². The number of methoxy groups -OCH3 is 1. The number of nitrogens with zero attached hydrogens (tertiary/aromatic N) is 2. The molecule has 0 unspecified atom stereocenters. The van der Waals surface area contributed by atoms with Crippen LogP contribution in [-0.2, 0) is 11.3 Å². The summed E-state index contributed by atoms with van der Waals surface area (Å²) in [5.74, 6) is 0.910. The number of para-hydroxylation sites is 2. The highest BCUT2D eigenvalue weighted by Crippen LogP contribution is 2.29. The van der Waals surface area contributed by atoms with Gasteiger partial charge in [0.15, 0.2) is 0 Å². The van der Waals surface area contributed by atoms with Crippen molar-refractivity contribution in [1.29, 1.82) is 0 Å². The van der Waals surface area contributed by atoms with Crippen molar-refractivity contribution in [1.82, 2.24) is 9.55 Å². The van der Waals surface area contributed by atoms with Crippen molar-refractivity contribution >= 4 is 32.7 Å². The monoisotopic (exact) mass is 345 g/mol. The van der Waals surface area contributed by atoms with Crippen LogP contribution in [-0.4, -0.2) is 23.3 Å². The Morgan fingerprint density at radius 3 is 2.81 bits per heavy atom. The minimum absolute atomic E-state index is 0.638. The Bertz CT molecular complexity index is 782. The molecule has 1 aromatic heterocycles. The summed E-state index contributed by atoms with van der Waals surface area (Å²) in [5, 5.41) is 0. The Balaban J connectivity index is 2.17. The lowest BCUT2D eigenvalue weighted by Gasteiger charge is -2.09. The average Bonchev–Trinajstić information content (AvgIpc) is 2.86. The van der Waals surface area contributed by atoms with Crippen LogP contribution >= 0.6 is 15.9 Å². The van der Waals surface area contributed by atoms with Crippen LogP contribution in [0.15, 0.2) is 46.9 Å². The lowest BCUT2D eigenvalue weighted by Crippen LogP contribution is -2.06. The second-order valence-corrected chi connectivity index (χ2v) is 5.66. The molecule has 2 aromatic carbocycles. The largest absolute Gasteiger partial charge is 0.398 e. The molecule has 3 aromatic rings. The molecule has 0 saturated heterocycles. The Labute approximate surface area is 131 Å². The Morgan fingerprint density at radius 2 is 2.05 bits per heavy atom. The zero-order valence-corrected chi connectivity index (χ0v) is 13.3. The fourth-order valence-electron chi connectivity index (χ4n) is 2.39. The molecule has 1 heterocycles. The number of benzene rings is 2. The molecule has 0 aliphatic heterocycles. The average molecular weight is 346 g/mol. The second-order valence-electron chi connectivity index (χ2n) is 4.80. The van der Waals surface area contributed by atoms with Crippen molar-refractivity contribution in [2.45, 2.75) is 6.54 Å². The van der Waals surface area contributed by atoms with Gasteiger partial charge in [-0.1, -0.05) is 12.1 Å². The van der Waals surface area contributed by atoms with Crippen LogP contribution in [0.1, 0.15) is 0 Å². The number of hydrogen-bond donors (Lipinski definition) is 1. The van der Waals surface area contributed by atoms with E-state index in [1.807, 2.05) is 36.4 Å². The zero-order chi connectivity index (χ0) is 14.8. The van der Waals surface area contributed by atoms with Crippen LogP contribution in [0.4, 0.5) is 5.69 Å². The maximum absolute atomic E-state index is 5.99. The molecule has 0 amide bonds. The molecular weight excluding hydrogens is 330 g/mol. The normalized spacial score (nSPS) is 11.1. The van der Waals surface area contributed by atoms with Gasteiger partial charge in [-0.25, -0.2) is 4.98 Å². The molecule has 108 valence electrons. The summed E-state index contributed by atoms with van der Waals surface area (Å²) in [6.45, 7) is 1.39. The summed E-state index contributed by atoms with van der Waals surface area (Å²) in [4.78, 5) is 4.74. The summed E-state index contributed by atoms with van der Waals surface area (Å²) < 4.78 is 8.28. The summed E-state index contributed by atoms with van der Waals surface area (Å²) >= 11 is 3.42. The first-order valence-electron chi connectivity index (χ1n) is 6.70. The molecule has 0 spiro atoms. The first-order chi connectivity index (χ1) is 10.2. The van der Waals surface area contributed by atoms with Gasteiger partial charge in [-0.2, -0.15) is 0 Å². The number of rotatable bonds is 4. The van der Waals surface area contributed by atoms with Crippen LogP contribution < -0.4 is 5.73 Å². The molecule has 21 heavy (non-hydrogen) atoms. The van der Waals surface area contributed by atoms with E-state index in [1.165, 1.54) is 0 Å². The predicted molar refractivity (Wildman–Crippen MR) is 89.2 cm³/mol. The first kappa shape index (κ1) is 14.1. The Morgan fingerprint density at radius 1 is 1.24 bits per heavy atom. The van der Waals surface area contributed by atoms with Gasteiger partial charge in [-0.15, -0.1) is 0 Å². The maximum Gasteiger partial charge on any atom is 0.141 e. The van der Waals surface area contributed by atoms with Gasteiger partial charge in [-0.05, 0) is 46.3 Å². The molecule has 0 fully saturated rings. The van der Waals surface area contributed by atoms with E-state index in [0.29, 0.717) is 12.3 Å². The maximum atomic E-state index is 5.99. The molecule has 0 atom stereocenters. The number of nitrogens with two attached hydrogens (primary N) is 1. The number of aromatic nitrogens is 2. The first-order valence-corrected chi connectivity index (χ1v) is 7.49. The molecule has 4 nitrogen and oxygen atoms in total. The van der Waals surface area contributed by atoms with Gasteiger partial charge in [0.25, 0.3) is 0 Å². The molecular formula is C16H16BrN3O. The van der Waals surface area contributed by atoms with Crippen LogP contribution in [0.3, 0.4) is 0 Å². The predicted octanol–water partition coefficient (Wildman–Crippen LogP) is 3.69. The van der Waals surface area contributed by atoms with Crippen molar-refractivity contribution in [3.8, 4) is 11.4 Å². The fraction of sp³-hybridized carbons (Fsp3) is 0.188. The van der Waals surface area contributed by atoms with Gasteiger partial charge in [0.05, 0.1) is 17.6 Å². The number of nitrogen functional groups attached to an aromatic ring is 1. The van der Waals surface area contributed by atoms with Gasteiger partial charge in [0.1, 0.15) is 5.82 Å². The number of hydrogen-bond acceptors (Lipinski definition) is 3. The summed E-state index contributed by atoms with van der Waals surface area (Å²) in [6, 6.07) is 14.0. The molecule has 0 saturated carbocycles. The van der Waals surface area contributed by atoms with E-state index < -0.39 is 0 Å². The van der Waals surface area contributed by atoms with Crippen molar-refractivity contribution < 1.29 is 4.74 Å². The highest BCUT2D eigenvalue weighted by Gasteiger charge is 2.12. The van der Waals surface area contributed by atoms with E-state index in [2.05, 4.69) is 26.6 Å². The fourth-order valence-corrected chi connectivity index (χ4v) is 2.63. The number of anilines is 1. The molecule has 0 aliphatic carbocycles. The third-order valence-corrected chi connectivity index (χ3v) is 4.15. The molecule has 0 radical (unpaired) electrons. The van der Waals surface area contributed by atoms with E-state index >= 15 is 0 Å².